The lowest BCUT2D eigenvalue weighted by atomic mass is 10.1. The third-order valence-electron chi connectivity index (χ3n) is 1.43. The van der Waals surface area contributed by atoms with Gasteiger partial charge >= 0.3 is 0 Å². The van der Waals surface area contributed by atoms with Crippen molar-refractivity contribution < 1.29 is 13.0 Å². The summed E-state index contributed by atoms with van der Waals surface area (Å²) in [5.74, 6) is 2.02. The molecule has 64 valence electrons. The van der Waals surface area contributed by atoms with Crippen molar-refractivity contribution in [2.24, 2.45) is 5.92 Å². The van der Waals surface area contributed by atoms with Gasteiger partial charge in [-0.3, -0.25) is 4.55 Å². The fourth-order valence-corrected chi connectivity index (χ4v) is 1.73. The van der Waals surface area contributed by atoms with Crippen LogP contribution in [0.1, 0.15) is 19.8 Å². The van der Waals surface area contributed by atoms with E-state index in [4.69, 9.17) is 11.0 Å². The molecule has 0 aliphatic carbocycles. The van der Waals surface area contributed by atoms with Gasteiger partial charge < -0.3 is 0 Å². The molecule has 0 radical (unpaired) electrons. The Labute approximate surface area is 67.6 Å². The van der Waals surface area contributed by atoms with Gasteiger partial charge in [-0.2, -0.15) is 8.42 Å². The van der Waals surface area contributed by atoms with Gasteiger partial charge in [-0.05, 0) is 5.92 Å². The largest absolute Gasteiger partial charge is 0.286 e. The van der Waals surface area contributed by atoms with Crippen LogP contribution in [0, 0.1) is 18.3 Å². The molecule has 0 fully saturated rings. The van der Waals surface area contributed by atoms with Crippen molar-refractivity contribution in [1.29, 1.82) is 0 Å². The molecule has 0 aliphatic rings. The maximum absolute atomic E-state index is 10.4. The second-order valence-corrected chi connectivity index (χ2v) is 3.93. The first kappa shape index (κ1) is 10.5. The van der Waals surface area contributed by atoms with Crippen molar-refractivity contribution in [3.8, 4) is 12.3 Å². The third kappa shape index (κ3) is 5.89. The predicted octanol–water partition coefficient (Wildman–Crippen LogP) is 0.924. The molecule has 0 aromatic carbocycles. The molecule has 0 aliphatic heterocycles. The van der Waals surface area contributed by atoms with E-state index in [1.54, 1.807) is 0 Å². The summed E-state index contributed by atoms with van der Waals surface area (Å²) in [5, 5.41) is 0. The molecular formula is C7H12O3S. The zero-order valence-electron chi connectivity index (χ0n) is 6.45. The molecule has 11 heavy (non-hydrogen) atoms. The first-order valence-electron chi connectivity index (χ1n) is 3.38. The highest BCUT2D eigenvalue weighted by molar-refractivity contribution is 7.85. The van der Waals surface area contributed by atoms with Crippen LogP contribution in [0.25, 0.3) is 0 Å². The highest BCUT2D eigenvalue weighted by Crippen LogP contribution is 2.09. The van der Waals surface area contributed by atoms with Gasteiger partial charge in [0, 0.05) is 6.42 Å². The molecular weight excluding hydrogens is 164 g/mol. The lowest BCUT2D eigenvalue weighted by molar-refractivity contribution is 0.461. The van der Waals surface area contributed by atoms with E-state index in [-0.39, 0.29) is 11.7 Å². The van der Waals surface area contributed by atoms with E-state index in [2.05, 4.69) is 5.92 Å². The molecule has 0 rings (SSSR count). The first-order chi connectivity index (χ1) is 4.99. The van der Waals surface area contributed by atoms with Crippen LogP contribution in [0.4, 0.5) is 0 Å². The van der Waals surface area contributed by atoms with E-state index in [0.29, 0.717) is 12.8 Å². The fourth-order valence-electron chi connectivity index (χ4n) is 0.786. The Morgan fingerprint density at radius 2 is 2.18 bits per heavy atom. The summed E-state index contributed by atoms with van der Waals surface area (Å²) in [7, 11) is -3.85. The molecule has 0 saturated heterocycles. The van der Waals surface area contributed by atoms with Crippen LogP contribution in [0.5, 0.6) is 0 Å². The summed E-state index contributed by atoms with van der Waals surface area (Å²) >= 11 is 0. The van der Waals surface area contributed by atoms with E-state index in [1.807, 2.05) is 6.92 Å². The van der Waals surface area contributed by atoms with Crippen LogP contribution in [-0.4, -0.2) is 18.7 Å². The van der Waals surface area contributed by atoms with Gasteiger partial charge in [-0.25, -0.2) is 0 Å². The number of hydrogen-bond donors (Lipinski definition) is 1. The molecule has 0 aromatic rings. The van der Waals surface area contributed by atoms with E-state index in [1.165, 1.54) is 0 Å². The zero-order valence-corrected chi connectivity index (χ0v) is 7.26. The van der Waals surface area contributed by atoms with Gasteiger partial charge in [0.05, 0.1) is 5.75 Å². The van der Waals surface area contributed by atoms with Gasteiger partial charge in [-0.15, -0.1) is 12.3 Å². The van der Waals surface area contributed by atoms with Crippen LogP contribution in [-0.2, 0) is 10.1 Å². The van der Waals surface area contributed by atoms with Crippen molar-refractivity contribution in [1.82, 2.24) is 0 Å². The summed E-state index contributed by atoms with van der Waals surface area (Å²) in [4.78, 5) is 0. The summed E-state index contributed by atoms with van der Waals surface area (Å²) in [6.45, 7) is 1.84. The topological polar surface area (TPSA) is 54.4 Å². The summed E-state index contributed by atoms with van der Waals surface area (Å²) in [5.41, 5.74) is 0. The Morgan fingerprint density at radius 1 is 1.64 bits per heavy atom. The van der Waals surface area contributed by atoms with Gasteiger partial charge in [0.1, 0.15) is 0 Å². The Balaban J connectivity index is 4.01. The third-order valence-corrected chi connectivity index (χ3v) is 2.32. The molecule has 3 nitrogen and oxygen atoms in total. The van der Waals surface area contributed by atoms with Crippen molar-refractivity contribution in [2.75, 3.05) is 5.75 Å². The zero-order chi connectivity index (χ0) is 8.91. The van der Waals surface area contributed by atoms with Crippen molar-refractivity contribution in [3.63, 3.8) is 0 Å². The fraction of sp³-hybridized carbons (Fsp3) is 0.714. The molecule has 0 heterocycles. The number of hydrogen-bond acceptors (Lipinski definition) is 2. The molecule has 4 heteroatoms. The summed E-state index contributed by atoms with van der Waals surface area (Å²) in [6, 6.07) is 0. The monoisotopic (exact) mass is 176 g/mol. The summed E-state index contributed by atoms with van der Waals surface area (Å²) < 4.78 is 29.2. The minimum atomic E-state index is -3.85. The number of rotatable bonds is 4. The average Bonchev–Trinajstić information content (AvgIpc) is 1.84. The average molecular weight is 176 g/mol. The highest BCUT2D eigenvalue weighted by atomic mass is 32.2. The normalized spacial score (nSPS) is 13.9. The van der Waals surface area contributed by atoms with Gasteiger partial charge in [-0.1, -0.05) is 13.3 Å². The van der Waals surface area contributed by atoms with Crippen molar-refractivity contribution in [2.45, 2.75) is 19.8 Å². The molecule has 0 amide bonds. The molecule has 1 unspecified atom stereocenters. The molecule has 0 spiro atoms. The molecule has 1 N–H and O–H groups in total. The lowest BCUT2D eigenvalue weighted by Gasteiger charge is -2.07. The summed E-state index contributed by atoms with van der Waals surface area (Å²) in [6.07, 6.45) is 6.07. The van der Waals surface area contributed by atoms with Crippen LogP contribution in [0.2, 0.25) is 0 Å². The van der Waals surface area contributed by atoms with Crippen LogP contribution in [0.15, 0.2) is 0 Å². The van der Waals surface area contributed by atoms with E-state index < -0.39 is 10.1 Å². The first-order valence-corrected chi connectivity index (χ1v) is 4.99. The van der Waals surface area contributed by atoms with Crippen LogP contribution in [0.3, 0.4) is 0 Å². The minimum Gasteiger partial charge on any atom is -0.286 e. The molecule has 0 bridgehead atoms. The maximum Gasteiger partial charge on any atom is 0.265 e. The standard InChI is InChI=1S/C7H12O3S/c1-3-5-7(4-2)6-11(8,9)10/h1,7H,4-6H2,2H3,(H,8,9,10). The molecule has 0 aromatic heterocycles. The maximum atomic E-state index is 10.4. The predicted molar refractivity (Wildman–Crippen MR) is 43.6 cm³/mol. The second-order valence-electron chi connectivity index (χ2n) is 2.43. The second kappa shape index (κ2) is 4.37. The van der Waals surface area contributed by atoms with Crippen LogP contribution < -0.4 is 0 Å². The Morgan fingerprint density at radius 3 is 2.45 bits per heavy atom. The van der Waals surface area contributed by atoms with E-state index in [9.17, 15) is 8.42 Å². The molecule has 0 saturated carbocycles. The van der Waals surface area contributed by atoms with E-state index >= 15 is 0 Å². The molecule has 1 atom stereocenters. The highest BCUT2D eigenvalue weighted by Gasteiger charge is 2.13. The Kier molecular flexibility index (Phi) is 4.16. The van der Waals surface area contributed by atoms with E-state index in [0.717, 1.165) is 0 Å². The van der Waals surface area contributed by atoms with Crippen molar-refractivity contribution in [3.05, 3.63) is 0 Å². The van der Waals surface area contributed by atoms with Crippen LogP contribution >= 0.6 is 0 Å². The Hall–Kier alpha value is -0.530. The lowest BCUT2D eigenvalue weighted by Crippen LogP contribution is -2.14. The minimum absolute atomic E-state index is 0.116. The van der Waals surface area contributed by atoms with Gasteiger partial charge in [0.15, 0.2) is 0 Å². The Bertz CT molecular complexity index is 235. The SMILES string of the molecule is C#CCC(CC)CS(=O)(=O)O. The van der Waals surface area contributed by atoms with Gasteiger partial charge in [0.2, 0.25) is 0 Å². The van der Waals surface area contributed by atoms with Crippen molar-refractivity contribution >= 4 is 10.1 Å². The quantitative estimate of drug-likeness (QED) is 0.512. The smallest absolute Gasteiger partial charge is 0.265 e. The number of terminal acetylenes is 1. The van der Waals surface area contributed by atoms with Gasteiger partial charge in [0.25, 0.3) is 10.1 Å².